The van der Waals surface area contributed by atoms with E-state index in [1.54, 1.807) is 66.7 Å². The monoisotopic (exact) mass is 1150 g/mol. The standard InChI is InChI=1S/C26H35O7P.C22H21O2P.C18H21O3P/c1-17(15-26(2,3)4)16-34(29,24(27)22-18(30-5)11-9-12-19(22)31-6)25(28)23-20(32-7)13-10-14-21(23)33-8;1-16-14-17(2)21(18(3)15-16)22(23)25(24,19-10-6-4-7-11-19)20-12-8-5-9-13-20;1-5-14-7-6-8-15(21-22-20)17(14)18(19)16-12(3)9-11(2)10-13(16)4/h9-14,17H,15-16H2,1-8H3;4-15H,1-3H3;6-10H,5,22H2,1-4H3. The van der Waals surface area contributed by atoms with Gasteiger partial charge in [0.2, 0.25) is 39.5 Å². The molecule has 428 valence electrons. The molecule has 0 aliphatic carbocycles. The zero-order valence-corrected chi connectivity index (χ0v) is 52.3. The third-order valence-electron chi connectivity index (χ3n) is 13.7. The lowest BCUT2D eigenvalue weighted by atomic mass is 9.86. The highest BCUT2D eigenvalue weighted by atomic mass is 31.2. The summed E-state index contributed by atoms with van der Waals surface area (Å²) in [5.74, 6) is 0.922. The van der Waals surface area contributed by atoms with Crippen LogP contribution in [0.1, 0.15) is 127 Å². The molecular formula is C66H77O12P3. The van der Waals surface area contributed by atoms with Gasteiger partial charge >= 0.3 is 0 Å². The van der Waals surface area contributed by atoms with Gasteiger partial charge in [-0.1, -0.05) is 155 Å². The second-order valence-corrected chi connectivity index (χ2v) is 27.0. The largest absolute Gasteiger partial charge is 0.496 e. The van der Waals surface area contributed by atoms with Gasteiger partial charge in [-0.05, 0) is 124 Å². The van der Waals surface area contributed by atoms with Crippen LogP contribution in [0.4, 0.5) is 0 Å². The number of hydrogen-bond donors (Lipinski definition) is 0. The van der Waals surface area contributed by atoms with Crippen molar-refractivity contribution in [2.45, 2.75) is 89.0 Å². The Morgan fingerprint density at radius 2 is 0.864 bits per heavy atom. The summed E-state index contributed by atoms with van der Waals surface area (Å²) in [4.78, 5) is 54.7. The van der Waals surface area contributed by atoms with Crippen molar-refractivity contribution in [3.63, 3.8) is 0 Å². The first kappa shape index (κ1) is 64.7. The molecule has 0 radical (unpaired) electrons. The first-order valence-electron chi connectivity index (χ1n) is 26.7. The van der Waals surface area contributed by atoms with Gasteiger partial charge in [-0.2, -0.15) is 0 Å². The van der Waals surface area contributed by atoms with Crippen LogP contribution in [-0.2, 0) is 20.1 Å². The average Bonchev–Trinajstić information content (AvgIpc) is 3.63. The van der Waals surface area contributed by atoms with E-state index < -0.39 is 34.0 Å². The van der Waals surface area contributed by atoms with Gasteiger partial charge in [-0.25, -0.2) is 0 Å². The third kappa shape index (κ3) is 15.1. The SMILES string of the molecule is CCc1cccc(O[PH2]=O)c1C(=O)c1c(C)cc(C)cc1C.COc1cccc(OC)c1C(=O)P(=O)(CC(C)CC(C)(C)C)C(=O)c1c(OC)cccc1OC.Cc1cc(C)c(C(=O)P(=O)(c2ccccc2)c2ccccc2)c(C)c1. The highest BCUT2D eigenvalue weighted by Crippen LogP contribution is 2.58. The summed E-state index contributed by atoms with van der Waals surface area (Å²) >= 11 is 0. The molecule has 0 spiro atoms. The number of methoxy groups -OCH3 is 4. The fourth-order valence-corrected chi connectivity index (χ4v) is 16.2. The van der Waals surface area contributed by atoms with E-state index in [1.807, 2.05) is 128 Å². The molecule has 0 N–H and O–H groups in total. The number of ketones is 1. The minimum atomic E-state index is -4.25. The van der Waals surface area contributed by atoms with Crippen LogP contribution in [0.3, 0.4) is 0 Å². The second-order valence-electron chi connectivity index (χ2n) is 21.3. The smallest absolute Gasteiger partial charge is 0.236 e. The van der Waals surface area contributed by atoms with E-state index in [9.17, 15) is 32.9 Å². The van der Waals surface area contributed by atoms with Crippen LogP contribution in [0.15, 0.2) is 140 Å². The van der Waals surface area contributed by atoms with Crippen molar-refractivity contribution in [3.05, 3.63) is 206 Å². The topological polar surface area (TPSA) is 166 Å². The van der Waals surface area contributed by atoms with E-state index in [-0.39, 0.29) is 62.9 Å². The molecule has 0 saturated heterocycles. The highest BCUT2D eigenvalue weighted by Gasteiger charge is 2.47. The predicted octanol–water partition coefficient (Wildman–Crippen LogP) is 15.4. The molecule has 0 aliphatic heterocycles. The molecule has 0 saturated carbocycles. The average molecular weight is 1160 g/mol. The Morgan fingerprint density at radius 3 is 1.22 bits per heavy atom. The van der Waals surface area contributed by atoms with Crippen molar-refractivity contribution in [1.29, 1.82) is 0 Å². The minimum absolute atomic E-state index is 0.0130. The molecule has 0 amide bonds. The summed E-state index contributed by atoms with van der Waals surface area (Å²) in [6.07, 6.45) is 1.28. The molecule has 12 nitrogen and oxygen atoms in total. The van der Waals surface area contributed by atoms with Gasteiger partial charge in [0.05, 0.1) is 34.0 Å². The molecule has 0 aromatic heterocycles. The van der Waals surface area contributed by atoms with Crippen LogP contribution in [0, 0.1) is 52.9 Å². The molecule has 7 rings (SSSR count). The second kappa shape index (κ2) is 28.6. The van der Waals surface area contributed by atoms with Crippen molar-refractivity contribution in [2.75, 3.05) is 34.6 Å². The van der Waals surface area contributed by atoms with Gasteiger partial charge in [-0.3, -0.25) is 23.7 Å². The van der Waals surface area contributed by atoms with E-state index in [4.69, 9.17) is 23.5 Å². The zero-order valence-electron chi connectivity index (χ0n) is 49.3. The summed E-state index contributed by atoms with van der Waals surface area (Å²) in [6.45, 7) is 21.8. The predicted molar refractivity (Wildman–Crippen MR) is 329 cm³/mol. The van der Waals surface area contributed by atoms with E-state index in [2.05, 4.69) is 20.8 Å². The van der Waals surface area contributed by atoms with Gasteiger partial charge in [0, 0.05) is 27.9 Å². The molecule has 7 aromatic rings. The van der Waals surface area contributed by atoms with Crippen LogP contribution in [0.25, 0.3) is 0 Å². The summed E-state index contributed by atoms with van der Waals surface area (Å²) in [6, 6.07) is 41.2. The maximum absolute atomic E-state index is 14.7. The van der Waals surface area contributed by atoms with E-state index >= 15 is 0 Å². The van der Waals surface area contributed by atoms with Crippen LogP contribution in [0.2, 0.25) is 0 Å². The van der Waals surface area contributed by atoms with Gasteiger partial charge in [0.15, 0.2) is 5.78 Å². The molecule has 7 aromatic carbocycles. The lowest BCUT2D eigenvalue weighted by molar-refractivity contribution is 0.102. The zero-order chi connectivity index (χ0) is 60.0. The Labute approximate surface area is 480 Å². The molecule has 0 bridgehead atoms. The van der Waals surface area contributed by atoms with Crippen LogP contribution in [-0.4, -0.2) is 57.0 Å². The number of ether oxygens (including phenoxy) is 4. The summed E-state index contributed by atoms with van der Waals surface area (Å²) < 4.78 is 66.5. The highest BCUT2D eigenvalue weighted by molar-refractivity contribution is 7.95. The van der Waals surface area contributed by atoms with Crippen molar-refractivity contribution in [2.24, 2.45) is 11.3 Å². The maximum atomic E-state index is 14.7. The number of carbonyl (C=O) groups excluding carboxylic acids is 4. The maximum Gasteiger partial charge on any atom is 0.236 e. The fraction of sp³-hybridized carbons (Fsp3) is 0.303. The Morgan fingerprint density at radius 1 is 0.494 bits per heavy atom. The van der Waals surface area contributed by atoms with Gasteiger partial charge in [-0.15, -0.1) is 0 Å². The van der Waals surface area contributed by atoms with Crippen molar-refractivity contribution >= 4 is 55.9 Å². The molecule has 2 unspecified atom stereocenters. The third-order valence-corrected chi connectivity index (χ3v) is 19.8. The summed E-state index contributed by atoms with van der Waals surface area (Å²) in [5.41, 5.74) is 6.59. The van der Waals surface area contributed by atoms with Crippen LogP contribution < -0.4 is 34.1 Å². The summed E-state index contributed by atoms with van der Waals surface area (Å²) in [7, 11) is -3.46. The Hall–Kier alpha value is -7.09. The van der Waals surface area contributed by atoms with Crippen molar-refractivity contribution in [1.82, 2.24) is 0 Å². The van der Waals surface area contributed by atoms with Crippen molar-refractivity contribution < 1.29 is 56.3 Å². The lowest BCUT2D eigenvalue weighted by Gasteiger charge is -2.27. The van der Waals surface area contributed by atoms with E-state index in [0.29, 0.717) is 39.5 Å². The lowest BCUT2D eigenvalue weighted by Crippen LogP contribution is -2.23. The molecule has 81 heavy (non-hydrogen) atoms. The molecule has 2 atom stereocenters. The number of carbonyl (C=O) groups is 4. The van der Waals surface area contributed by atoms with Crippen LogP contribution >= 0.6 is 23.0 Å². The molecule has 0 aliphatic rings. The Kier molecular flexibility index (Phi) is 22.8. The quantitative estimate of drug-likeness (QED) is 0.0524. The van der Waals surface area contributed by atoms with Gasteiger partial charge < -0.3 is 32.6 Å². The minimum Gasteiger partial charge on any atom is -0.496 e. The fourth-order valence-electron chi connectivity index (χ4n) is 10.6. The Balaban J connectivity index is 0.000000229. The molecule has 0 fully saturated rings. The number of hydrogen-bond acceptors (Lipinski definition) is 12. The van der Waals surface area contributed by atoms with Crippen molar-refractivity contribution in [3.8, 4) is 28.7 Å². The normalized spacial score (nSPS) is 11.8. The number of rotatable bonds is 20. The Bertz CT molecular complexity index is 3300. The first-order chi connectivity index (χ1) is 38.4. The van der Waals surface area contributed by atoms with Crippen LogP contribution in [0.5, 0.6) is 28.7 Å². The first-order valence-corrected chi connectivity index (χ1v) is 31.2. The van der Waals surface area contributed by atoms with E-state index in [0.717, 1.165) is 45.4 Å². The van der Waals surface area contributed by atoms with Gasteiger partial charge in [0.25, 0.3) is 0 Å². The molecule has 0 heterocycles. The molecule has 15 heteroatoms. The number of benzene rings is 7. The molecular weight excluding hydrogens is 1080 g/mol. The number of aryl methyl sites for hydroxylation is 7. The van der Waals surface area contributed by atoms with E-state index in [1.165, 1.54) is 28.4 Å². The summed E-state index contributed by atoms with van der Waals surface area (Å²) in [5, 5.41) is 1.15. The van der Waals surface area contributed by atoms with Gasteiger partial charge in [0.1, 0.15) is 39.9 Å².